The highest BCUT2D eigenvalue weighted by Gasteiger charge is 2.17. The Morgan fingerprint density at radius 3 is 2.33 bits per heavy atom. The van der Waals surface area contributed by atoms with Crippen LogP contribution in [0.3, 0.4) is 0 Å². The van der Waals surface area contributed by atoms with Gasteiger partial charge in [-0.15, -0.1) is 0 Å². The van der Waals surface area contributed by atoms with Crippen molar-refractivity contribution in [2.24, 2.45) is 0 Å². The molecule has 0 radical (unpaired) electrons. The Morgan fingerprint density at radius 2 is 1.87 bits per heavy atom. The third-order valence-electron chi connectivity index (χ3n) is 2.38. The highest BCUT2D eigenvalue weighted by atomic mass is 16.3. The van der Waals surface area contributed by atoms with Crippen LogP contribution in [0.1, 0.15) is 32.8 Å². The second kappa shape index (κ2) is 5.29. The highest BCUT2D eigenvalue weighted by Crippen LogP contribution is 2.08. The Balaban J connectivity index is 2.55. The first-order valence-corrected chi connectivity index (χ1v) is 5.55. The molecule has 84 valence electrons. The molecule has 0 aliphatic rings. The molecule has 0 saturated heterocycles. The summed E-state index contributed by atoms with van der Waals surface area (Å²) in [6.45, 7) is 5.69. The topological polar surface area (TPSA) is 32.3 Å². The number of benzene rings is 1. The molecule has 0 spiro atoms. The Kier molecular flexibility index (Phi) is 4.30. The molecule has 0 bridgehead atoms. The van der Waals surface area contributed by atoms with Crippen molar-refractivity contribution in [2.75, 3.05) is 0 Å². The molecule has 1 atom stereocenters. The van der Waals surface area contributed by atoms with Crippen LogP contribution in [0.2, 0.25) is 0 Å². The Labute approximate surface area is 92.3 Å². The van der Waals surface area contributed by atoms with E-state index in [1.807, 2.05) is 18.2 Å². The highest BCUT2D eigenvalue weighted by molar-refractivity contribution is 5.15. The monoisotopic (exact) mass is 207 g/mol. The maximum absolute atomic E-state index is 9.69. The molecule has 0 aliphatic heterocycles. The summed E-state index contributed by atoms with van der Waals surface area (Å²) in [7, 11) is 0. The van der Waals surface area contributed by atoms with Crippen molar-refractivity contribution >= 4 is 0 Å². The molecule has 0 heterocycles. The third-order valence-corrected chi connectivity index (χ3v) is 2.38. The predicted octanol–water partition coefficient (Wildman–Crippen LogP) is 2.33. The maximum atomic E-state index is 9.69. The summed E-state index contributed by atoms with van der Waals surface area (Å²) in [6.07, 6.45) is 1.97. The number of rotatable bonds is 5. The number of aliphatic hydroxyl groups is 1. The minimum atomic E-state index is -0.796. The molecule has 1 rings (SSSR count). The molecular weight excluding hydrogens is 186 g/mol. The third kappa shape index (κ3) is 4.96. The lowest BCUT2D eigenvalue weighted by molar-refractivity contribution is 0.0303. The second-order valence-corrected chi connectivity index (χ2v) is 4.50. The first-order chi connectivity index (χ1) is 7.01. The van der Waals surface area contributed by atoms with Crippen molar-refractivity contribution in [3.05, 3.63) is 35.9 Å². The minimum absolute atomic E-state index is 0.326. The van der Waals surface area contributed by atoms with Crippen molar-refractivity contribution in [2.45, 2.75) is 45.4 Å². The fourth-order valence-electron chi connectivity index (χ4n) is 1.70. The van der Waals surface area contributed by atoms with E-state index in [0.29, 0.717) is 6.04 Å². The smallest absolute Gasteiger partial charge is 0.110 e. The summed E-state index contributed by atoms with van der Waals surface area (Å²) in [6, 6.07) is 10.7. The Bertz CT molecular complexity index is 276. The van der Waals surface area contributed by atoms with E-state index in [1.54, 1.807) is 13.8 Å². The summed E-state index contributed by atoms with van der Waals surface area (Å²) in [5, 5.41) is 12.9. The summed E-state index contributed by atoms with van der Waals surface area (Å²) in [5.74, 6) is 0. The van der Waals surface area contributed by atoms with Crippen molar-refractivity contribution < 1.29 is 5.11 Å². The Hall–Kier alpha value is -0.860. The molecule has 0 aromatic heterocycles. The van der Waals surface area contributed by atoms with Crippen LogP contribution in [0, 0.1) is 0 Å². The van der Waals surface area contributed by atoms with Gasteiger partial charge < -0.3 is 5.11 Å². The number of hydrogen-bond acceptors (Lipinski definition) is 2. The van der Waals surface area contributed by atoms with Crippen molar-refractivity contribution in [1.29, 1.82) is 0 Å². The first-order valence-electron chi connectivity index (χ1n) is 5.55. The SMILES string of the molecule is CCC(Cc1ccccc1)NC(C)(C)O. The summed E-state index contributed by atoms with van der Waals surface area (Å²) < 4.78 is 0. The van der Waals surface area contributed by atoms with Gasteiger partial charge >= 0.3 is 0 Å². The van der Waals surface area contributed by atoms with Gasteiger partial charge in [0.05, 0.1) is 0 Å². The van der Waals surface area contributed by atoms with Crippen LogP contribution in [-0.4, -0.2) is 16.9 Å². The van der Waals surface area contributed by atoms with Crippen LogP contribution in [0.25, 0.3) is 0 Å². The summed E-state index contributed by atoms with van der Waals surface area (Å²) >= 11 is 0. The zero-order chi connectivity index (χ0) is 11.3. The molecule has 1 unspecified atom stereocenters. The molecule has 2 N–H and O–H groups in total. The van der Waals surface area contributed by atoms with E-state index in [9.17, 15) is 5.11 Å². The summed E-state index contributed by atoms with van der Waals surface area (Å²) in [5.41, 5.74) is 0.510. The predicted molar refractivity (Wildman–Crippen MR) is 63.7 cm³/mol. The molecule has 0 fully saturated rings. The lowest BCUT2D eigenvalue weighted by atomic mass is 10.0. The molecule has 0 saturated carbocycles. The van der Waals surface area contributed by atoms with Gasteiger partial charge in [-0.25, -0.2) is 0 Å². The fraction of sp³-hybridized carbons (Fsp3) is 0.538. The van der Waals surface area contributed by atoms with E-state index in [4.69, 9.17) is 0 Å². The van der Waals surface area contributed by atoms with E-state index in [2.05, 4.69) is 24.4 Å². The lowest BCUT2D eigenvalue weighted by Crippen LogP contribution is -2.46. The number of hydrogen-bond donors (Lipinski definition) is 2. The molecular formula is C13H21NO. The number of nitrogens with one attached hydrogen (secondary N) is 1. The van der Waals surface area contributed by atoms with E-state index >= 15 is 0 Å². The average Bonchev–Trinajstić information content (AvgIpc) is 2.16. The van der Waals surface area contributed by atoms with Crippen molar-refractivity contribution in [3.8, 4) is 0 Å². The maximum Gasteiger partial charge on any atom is 0.110 e. The van der Waals surface area contributed by atoms with E-state index in [-0.39, 0.29) is 0 Å². The van der Waals surface area contributed by atoms with Crippen molar-refractivity contribution in [3.63, 3.8) is 0 Å². The second-order valence-electron chi connectivity index (χ2n) is 4.50. The average molecular weight is 207 g/mol. The first kappa shape index (κ1) is 12.2. The molecule has 15 heavy (non-hydrogen) atoms. The van der Waals surface area contributed by atoms with Gasteiger partial charge in [-0.2, -0.15) is 0 Å². The van der Waals surface area contributed by atoms with Gasteiger partial charge in [0.1, 0.15) is 5.72 Å². The lowest BCUT2D eigenvalue weighted by Gasteiger charge is -2.26. The Morgan fingerprint density at radius 1 is 1.27 bits per heavy atom. The molecule has 1 aromatic carbocycles. The van der Waals surface area contributed by atoms with Crippen LogP contribution in [0.5, 0.6) is 0 Å². The van der Waals surface area contributed by atoms with Crippen LogP contribution in [0.15, 0.2) is 30.3 Å². The van der Waals surface area contributed by atoms with Gasteiger partial charge in [-0.3, -0.25) is 5.32 Å². The zero-order valence-corrected chi connectivity index (χ0v) is 9.83. The fourth-order valence-corrected chi connectivity index (χ4v) is 1.70. The largest absolute Gasteiger partial charge is 0.376 e. The molecule has 0 aliphatic carbocycles. The van der Waals surface area contributed by atoms with E-state index < -0.39 is 5.72 Å². The van der Waals surface area contributed by atoms with Crippen LogP contribution < -0.4 is 5.32 Å². The standard InChI is InChI=1S/C13H21NO/c1-4-12(14-13(2,3)15)10-11-8-6-5-7-9-11/h5-9,12,14-15H,4,10H2,1-3H3. The zero-order valence-electron chi connectivity index (χ0n) is 9.83. The van der Waals surface area contributed by atoms with Gasteiger partial charge in [-0.05, 0) is 32.3 Å². The minimum Gasteiger partial charge on any atom is -0.376 e. The molecule has 0 amide bonds. The van der Waals surface area contributed by atoms with Crippen LogP contribution in [0.4, 0.5) is 0 Å². The normalized spacial score (nSPS) is 13.9. The molecule has 2 nitrogen and oxygen atoms in total. The van der Waals surface area contributed by atoms with E-state index in [1.165, 1.54) is 5.56 Å². The van der Waals surface area contributed by atoms with Crippen LogP contribution in [-0.2, 0) is 6.42 Å². The van der Waals surface area contributed by atoms with Gasteiger partial charge in [0.15, 0.2) is 0 Å². The van der Waals surface area contributed by atoms with Gasteiger partial charge in [0.25, 0.3) is 0 Å². The van der Waals surface area contributed by atoms with Gasteiger partial charge in [-0.1, -0.05) is 37.3 Å². The molecule has 1 aromatic rings. The summed E-state index contributed by atoms with van der Waals surface area (Å²) in [4.78, 5) is 0. The quantitative estimate of drug-likeness (QED) is 0.726. The van der Waals surface area contributed by atoms with E-state index in [0.717, 1.165) is 12.8 Å². The molecule has 2 heteroatoms. The van der Waals surface area contributed by atoms with Crippen LogP contribution >= 0.6 is 0 Å². The van der Waals surface area contributed by atoms with Gasteiger partial charge in [0, 0.05) is 6.04 Å². The van der Waals surface area contributed by atoms with Gasteiger partial charge in [0.2, 0.25) is 0 Å². The van der Waals surface area contributed by atoms with Crippen molar-refractivity contribution in [1.82, 2.24) is 5.32 Å².